The predicted molar refractivity (Wildman–Crippen MR) is 80.7 cm³/mol. The van der Waals surface area contributed by atoms with E-state index in [0.29, 0.717) is 29.6 Å². The monoisotopic (exact) mass is 295 g/mol. The summed E-state index contributed by atoms with van der Waals surface area (Å²) in [7, 11) is 0. The minimum Gasteiger partial charge on any atom is -0.490 e. The van der Waals surface area contributed by atoms with Crippen molar-refractivity contribution in [3.8, 4) is 11.5 Å². The highest BCUT2D eigenvalue weighted by molar-refractivity contribution is 6.30. The number of hydrogen-bond donors (Lipinski definition) is 1. The minimum atomic E-state index is 0.311. The van der Waals surface area contributed by atoms with Crippen LogP contribution in [0.4, 0.5) is 0 Å². The first-order valence-corrected chi connectivity index (χ1v) is 7.95. The minimum absolute atomic E-state index is 0.311. The van der Waals surface area contributed by atoms with Crippen molar-refractivity contribution >= 4 is 11.6 Å². The van der Waals surface area contributed by atoms with E-state index in [4.69, 9.17) is 21.1 Å². The molecular formula is C16H22ClNO2. The second-order valence-electron chi connectivity index (χ2n) is 5.70. The summed E-state index contributed by atoms with van der Waals surface area (Å²) in [5.74, 6) is 2.93. The van der Waals surface area contributed by atoms with Crippen LogP contribution in [0.1, 0.15) is 26.2 Å². The average Bonchev–Trinajstić information content (AvgIpc) is 3.13. The summed E-state index contributed by atoms with van der Waals surface area (Å²) in [4.78, 5) is 0. The molecule has 0 bridgehead atoms. The van der Waals surface area contributed by atoms with Gasteiger partial charge in [0.15, 0.2) is 11.5 Å². The van der Waals surface area contributed by atoms with Crippen LogP contribution in [0.15, 0.2) is 18.2 Å². The molecule has 3 rings (SSSR count). The van der Waals surface area contributed by atoms with Crippen LogP contribution in [0, 0.1) is 11.8 Å². The van der Waals surface area contributed by atoms with Gasteiger partial charge in [-0.05, 0) is 50.8 Å². The lowest BCUT2D eigenvalue weighted by molar-refractivity contribution is 0.115. The van der Waals surface area contributed by atoms with Crippen molar-refractivity contribution in [3.63, 3.8) is 0 Å². The zero-order valence-corrected chi connectivity index (χ0v) is 12.7. The quantitative estimate of drug-likeness (QED) is 0.871. The van der Waals surface area contributed by atoms with Gasteiger partial charge in [-0.15, -0.1) is 0 Å². The summed E-state index contributed by atoms with van der Waals surface area (Å²) in [6.45, 7) is 4.77. The molecular weight excluding hydrogens is 274 g/mol. The van der Waals surface area contributed by atoms with Gasteiger partial charge in [-0.1, -0.05) is 11.6 Å². The molecule has 1 N–H and O–H groups in total. The smallest absolute Gasteiger partial charge is 0.162 e. The Morgan fingerprint density at radius 2 is 2.10 bits per heavy atom. The van der Waals surface area contributed by atoms with Crippen LogP contribution in [-0.2, 0) is 0 Å². The first kappa shape index (κ1) is 14.0. The topological polar surface area (TPSA) is 30.5 Å². The molecule has 3 nitrogen and oxygen atoms in total. The number of ether oxygens (including phenoxy) is 2. The van der Waals surface area contributed by atoms with Crippen LogP contribution in [0.2, 0.25) is 5.02 Å². The highest BCUT2D eigenvalue weighted by atomic mass is 35.5. The second kappa shape index (κ2) is 6.23. The molecule has 1 aromatic carbocycles. The van der Waals surface area contributed by atoms with Gasteiger partial charge in [0.2, 0.25) is 0 Å². The lowest BCUT2D eigenvalue weighted by Crippen LogP contribution is -2.31. The van der Waals surface area contributed by atoms with Gasteiger partial charge in [-0.2, -0.15) is 0 Å². The Morgan fingerprint density at radius 3 is 2.75 bits per heavy atom. The van der Waals surface area contributed by atoms with Crippen LogP contribution in [-0.4, -0.2) is 25.8 Å². The van der Waals surface area contributed by atoms with E-state index in [1.165, 1.54) is 19.3 Å². The van der Waals surface area contributed by atoms with Crippen molar-refractivity contribution in [1.82, 2.24) is 5.32 Å². The Balaban J connectivity index is 1.77. The Labute approximate surface area is 125 Å². The van der Waals surface area contributed by atoms with Gasteiger partial charge >= 0.3 is 0 Å². The van der Waals surface area contributed by atoms with Gasteiger partial charge in [0.25, 0.3) is 0 Å². The lowest BCUT2D eigenvalue weighted by atomic mass is 9.97. The van der Waals surface area contributed by atoms with Gasteiger partial charge in [0.05, 0.1) is 6.61 Å². The molecule has 110 valence electrons. The molecule has 1 aliphatic heterocycles. The highest BCUT2D eigenvalue weighted by Gasteiger charge is 2.39. The Kier molecular flexibility index (Phi) is 4.37. The zero-order chi connectivity index (χ0) is 13.9. The van der Waals surface area contributed by atoms with E-state index in [2.05, 4.69) is 5.32 Å². The molecule has 2 fully saturated rings. The van der Waals surface area contributed by atoms with Crippen molar-refractivity contribution in [2.45, 2.75) is 32.3 Å². The Bertz CT molecular complexity index is 456. The predicted octanol–water partition coefficient (Wildman–Crippen LogP) is 3.51. The lowest BCUT2D eigenvalue weighted by Gasteiger charge is -2.25. The third kappa shape index (κ3) is 3.21. The number of nitrogens with one attached hydrogen (secondary N) is 1. The standard InChI is InChI=1S/C16H22ClNO2/c1-2-19-15-9-13(17)5-6-14(15)20-16(11-3-4-11)12-7-8-18-10-12/h5-6,9,11-12,16,18H,2-4,7-8,10H2,1H3/t12-,16-/m0/s1. The number of halogens is 1. The van der Waals surface area contributed by atoms with Crippen molar-refractivity contribution in [2.75, 3.05) is 19.7 Å². The molecule has 0 spiro atoms. The fourth-order valence-corrected chi connectivity index (χ4v) is 3.12. The van der Waals surface area contributed by atoms with Crippen molar-refractivity contribution in [3.05, 3.63) is 23.2 Å². The molecule has 2 aliphatic rings. The van der Waals surface area contributed by atoms with E-state index in [-0.39, 0.29) is 0 Å². The Hall–Kier alpha value is -0.930. The van der Waals surface area contributed by atoms with E-state index in [1.54, 1.807) is 0 Å². The highest BCUT2D eigenvalue weighted by Crippen LogP contribution is 2.41. The first-order chi connectivity index (χ1) is 9.78. The summed E-state index contributed by atoms with van der Waals surface area (Å²) in [5, 5.41) is 4.12. The molecule has 0 aromatic heterocycles. The van der Waals surface area contributed by atoms with Gasteiger partial charge < -0.3 is 14.8 Å². The fraction of sp³-hybridized carbons (Fsp3) is 0.625. The van der Waals surface area contributed by atoms with Crippen LogP contribution < -0.4 is 14.8 Å². The number of benzene rings is 1. The molecule has 0 unspecified atom stereocenters. The molecule has 20 heavy (non-hydrogen) atoms. The third-order valence-electron chi connectivity index (χ3n) is 4.12. The summed E-state index contributed by atoms with van der Waals surface area (Å²) >= 11 is 6.05. The van der Waals surface area contributed by atoms with E-state index >= 15 is 0 Å². The number of rotatable bonds is 6. The summed E-state index contributed by atoms with van der Waals surface area (Å²) in [5.41, 5.74) is 0. The van der Waals surface area contributed by atoms with Crippen LogP contribution in [0.25, 0.3) is 0 Å². The van der Waals surface area contributed by atoms with Crippen molar-refractivity contribution in [1.29, 1.82) is 0 Å². The largest absolute Gasteiger partial charge is 0.490 e. The molecule has 1 heterocycles. The van der Waals surface area contributed by atoms with Gasteiger partial charge in [0, 0.05) is 23.6 Å². The first-order valence-electron chi connectivity index (χ1n) is 7.57. The van der Waals surface area contributed by atoms with Crippen molar-refractivity contribution in [2.24, 2.45) is 11.8 Å². The Morgan fingerprint density at radius 1 is 1.25 bits per heavy atom. The zero-order valence-electron chi connectivity index (χ0n) is 11.9. The van der Waals surface area contributed by atoms with Crippen LogP contribution in [0.3, 0.4) is 0 Å². The molecule has 1 saturated carbocycles. The van der Waals surface area contributed by atoms with E-state index in [0.717, 1.165) is 24.6 Å². The van der Waals surface area contributed by atoms with Crippen molar-refractivity contribution < 1.29 is 9.47 Å². The normalized spacial score (nSPS) is 23.6. The fourth-order valence-electron chi connectivity index (χ4n) is 2.95. The number of hydrogen-bond acceptors (Lipinski definition) is 3. The average molecular weight is 296 g/mol. The van der Waals surface area contributed by atoms with Gasteiger partial charge in [0.1, 0.15) is 6.10 Å². The molecule has 4 heteroatoms. The van der Waals surface area contributed by atoms with E-state index < -0.39 is 0 Å². The summed E-state index contributed by atoms with van der Waals surface area (Å²) in [6, 6.07) is 5.65. The SMILES string of the molecule is CCOc1cc(Cl)ccc1O[C@@H](C1CC1)[C@H]1CCNC1. The maximum absolute atomic E-state index is 6.34. The molecule has 0 amide bonds. The van der Waals surface area contributed by atoms with E-state index in [9.17, 15) is 0 Å². The molecule has 1 aromatic rings. The van der Waals surface area contributed by atoms with Crippen LogP contribution >= 0.6 is 11.6 Å². The van der Waals surface area contributed by atoms with Gasteiger partial charge in [-0.3, -0.25) is 0 Å². The van der Waals surface area contributed by atoms with E-state index in [1.807, 2.05) is 25.1 Å². The molecule has 0 radical (unpaired) electrons. The molecule has 1 saturated heterocycles. The maximum atomic E-state index is 6.34. The second-order valence-corrected chi connectivity index (χ2v) is 6.13. The third-order valence-corrected chi connectivity index (χ3v) is 4.35. The molecule has 2 atom stereocenters. The summed E-state index contributed by atoms with van der Waals surface area (Å²) < 4.78 is 12.0. The maximum Gasteiger partial charge on any atom is 0.162 e. The summed E-state index contributed by atoms with van der Waals surface area (Å²) in [6.07, 6.45) is 4.10. The van der Waals surface area contributed by atoms with Gasteiger partial charge in [-0.25, -0.2) is 0 Å². The van der Waals surface area contributed by atoms with Crippen LogP contribution in [0.5, 0.6) is 11.5 Å². The molecule has 1 aliphatic carbocycles.